The minimum atomic E-state index is -4.16. The summed E-state index contributed by atoms with van der Waals surface area (Å²) in [5.41, 5.74) is 0.824. The van der Waals surface area contributed by atoms with Crippen LogP contribution in [0.25, 0.3) is 0 Å². The van der Waals surface area contributed by atoms with Crippen LogP contribution in [0.4, 0.5) is 0 Å². The predicted octanol–water partition coefficient (Wildman–Crippen LogP) is -1.77. The largest absolute Gasteiger partial charge is 0.478 e. The maximum atomic E-state index is 12.8. The first-order valence-electron chi connectivity index (χ1n) is 8.91. The van der Waals surface area contributed by atoms with Crippen LogP contribution in [0.2, 0.25) is 0 Å². The first-order valence-corrected chi connectivity index (χ1v) is 10.4. The Kier molecular flexibility index (Phi) is 7.55. The second kappa shape index (κ2) is 9.53. The van der Waals surface area contributed by atoms with Crippen molar-refractivity contribution in [3.05, 3.63) is 41.7 Å². The molecule has 1 unspecified atom stereocenters. The number of aliphatic hydroxyl groups excluding tert-OH is 3. The van der Waals surface area contributed by atoms with Crippen molar-refractivity contribution in [1.29, 1.82) is 0 Å². The number of aliphatic carboxylic acids is 1. The van der Waals surface area contributed by atoms with E-state index >= 15 is 0 Å². The van der Waals surface area contributed by atoms with Crippen molar-refractivity contribution in [2.45, 2.75) is 49.1 Å². The van der Waals surface area contributed by atoms with Crippen LogP contribution < -0.4 is 10.0 Å². The highest BCUT2D eigenvalue weighted by molar-refractivity contribution is 7.89. The summed E-state index contributed by atoms with van der Waals surface area (Å²) in [5.74, 6) is -2.86. The lowest BCUT2D eigenvalue weighted by Crippen LogP contribution is -2.63. The Hall–Kier alpha value is -2.51. The SMILES string of the molecule is CC(=O)N[C@H]1[C@H]([C@H](O)C(O)CO)OC(C(=O)O)=C[C@@H]1NS(=O)(=O)c1ccc(C)cc1. The van der Waals surface area contributed by atoms with Gasteiger partial charge in [0.15, 0.2) is 0 Å². The molecule has 6 N–H and O–H groups in total. The third-order valence-corrected chi connectivity index (χ3v) is 5.93. The average molecular weight is 444 g/mol. The average Bonchev–Trinajstić information content (AvgIpc) is 2.67. The Labute approximate surface area is 173 Å². The number of carboxylic acid groups (broad SMARTS) is 1. The summed E-state index contributed by atoms with van der Waals surface area (Å²) >= 11 is 0. The Morgan fingerprint density at radius 3 is 2.30 bits per heavy atom. The van der Waals surface area contributed by atoms with E-state index in [1.54, 1.807) is 19.1 Å². The van der Waals surface area contributed by atoms with E-state index in [0.29, 0.717) is 0 Å². The molecule has 0 spiro atoms. The van der Waals surface area contributed by atoms with Crippen LogP contribution in [-0.4, -0.2) is 77.7 Å². The van der Waals surface area contributed by atoms with Gasteiger partial charge in [-0.2, -0.15) is 0 Å². The number of carboxylic acids is 1. The number of carbonyl (C=O) groups excluding carboxylic acids is 1. The van der Waals surface area contributed by atoms with Gasteiger partial charge in [0, 0.05) is 6.92 Å². The fourth-order valence-electron chi connectivity index (χ4n) is 2.94. The number of amides is 1. The zero-order chi connectivity index (χ0) is 22.6. The van der Waals surface area contributed by atoms with E-state index in [2.05, 4.69) is 10.0 Å². The quantitative estimate of drug-likeness (QED) is 0.270. The molecule has 1 amide bonds. The van der Waals surface area contributed by atoms with E-state index in [1.807, 2.05) is 0 Å². The number of hydrogen-bond donors (Lipinski definition) is 6. The van der Waals surface area contributed by atoms with Crippen LogP contribution in [0.1, 0.15) is 12.5 Å². The van der Waals surface area contributed by atoms with Crippen molar-refractivity contribution < 1.29 is 43.2 Å². The van der Waals surface area contributed by atoms with Crippen LogP contribution >= 0.6 is 0 Å². The van der Waals surface area contributed by atoms with Crippen LogP contribution in [0.3, 0.4) is 0 Å². The molecule has 0 radical (unpaired) electrons. The molecule has 11 nitrogen and oxygen atoms in total. The van der Waals surface area contributed by atoms with Gasteiger partial charge in [-0.05, 0) is 25.1 Å². The highest BCUT2D eigenvalue weighted by Gasteiger charge is 2.44. The monoisotopic (exact) mass is 444 g/mol. The van der Waals surface area contributed by atoms with Crippen LogP contribution in [0.5, 0.6) is 0 Å². The normalized spacial score (nSPS) is 23.6. The van der Waals surface area contributed by atoms with Crippen LogP contribution in [-0.2, 0) is 24.3 Å². The number of rotatable bonds is 8. The summed E-state index contributed by atoms with van der Waals surface area (Å²) in [6.45, 7) is 2.03. The highest BCUT2D eigenvalue weighted by Crippen LogP contribution is 2.24. The second-order valence-corrected chi connectivity index (χ2v) is 8.56. The predicted molar refractivity (Wildman–Crippen MR) is 103 cm³/mol. The van der Waals surface area contributed by atoms with E-state index in [9.17, 15) is 33.3 Å². The molecule has 0 aliphatic carbocycles. The lowest BCUT2D eigenvalue weighted by molar-refractivity contribution is -0.146. The van der Waals surface area contributed by atoms with Gasteiger partial charge in [0.1, 0.15) is 18.3 Å². The Balaban J connectivity index is 2.47. The molecule has 0 saturated carbocycles. The number of benzene rings is 1. The lowest BCUT2D eigenvalue weighted by Gasteiger charge is -2.39. The summed E-state index contributed by atoms with van der Waals surface area (Å²) < 4.78 is 33.1. The summed E-state index contributed by atoms with van der Waals surface area (Å²) in [7, 11) is -4.16. The Bertz CT molecular complexity index is 914. The molecule has 166 valence electrons. The molecular weight excluding hydrogens is 420 g/mol. The van der Waals surface area contributed by atoms with Gasteiger partial charge in [-0.15, -0.1) is 0 Å². The lowest BCUT2D eigenvalue weighted by atomic mass is 9.92. The van der Waals surface area contributed by atoms with Crippen molar-refractivity contribution >= 4 is 21.9 Å². The highest BCUT2D eigenvalue weighted by atomic mass is 32.2. The first kappa shape index (κ1) is 23.8. The van der Waals surface area contributed by atoms with E-state index in [1.165, 1.54) is 12.1 Å². The number of carbonyl (C=O) groups is 2. The molecule has 5 atom stereocenters. The molecule has 0 aromatic heterocycles. The molecule has 2 rings (SSSR count). The molecule has 30 heavy (non-hydrogen) atoms. The molecule has 12 heteroatoms. The van der Waals surface area contributed by atoms with Gasteiger partial charge in [-0.3, -0.25) is 4.79 Å². The molecule has 0 saturated heterocycles. The van der Waals surface area contributed by atoms with Gasteiger partial charge < -0.3 is 30.5 Å². The number of sulfonamides is 1. The minimum Gasteiger partial charge on any atom is -0.478 e. The van der Waals surface area contributed by atoms with Gasteiger partial charge in [0.2, 0.25) is 21.7 Å². The van der Waals surface area contributed by atoms with E-state index in [4.69, 9.17) is 9.84 Å². The molecule has 0 fully saturated rings. The minimum absolute atomic E-state index is 0.0982. The number of aryl methyl sites for hydroxylation is 1. The maximum Gasteiger partial charge on any atom is 0.370 e. The fraction of sp³-hybridized carbons (Fsp3) is 0.444. The first-order chi connectivity index (χ1) is 14.0. The van der Waals surface area contributed by atoms with E-state index < -0.39 is 64.7 Å². The van der Waals surface area contributed by atoms with Gasteiger partial charge in [-0.1, -0.05) is 17.7 Å². The second-order valence-electron chi connectivity index (χ2n) is 6.85. The fourth-order valence-corrected chi connectivity index (χ4v) is 4.14. The van der Waals surface area contributed by atoms with Gasteiger partial charge in [0.25, 0.3) is 0 Å². The molecule has 1 heterocycles. The maximum absolute atomic E-state index is 12.8. The smallest absolute Gasteiger partial charge is 0.370 e. The zero-order valence-corrected chi connectivity index (χ0v) is 17.0. The summed E-state index contributed by atoms with van der Waals surface area (Å²) in [4.78, 5) is 23.0. The topological polar surface area (TPSA) is 182 Å². The molecule has 1 aliphatic heterocycles. The van der Waals surface area contributed by atoms with Crippen molar-refractivity contribution in [2.75, 3.05) is 6.61 Å². The van der Waals surface area contributed by atoms with Gasteiger partial charge >= 0.3 is 5.97 Å². The number of aliphatic hydroxyl groups is 3. The zero-order valence-electron chi connectivity index (χ0n) is 16.2. The van der Waals surface area contributed by atoms with Crippen molar-refractivity contribution in [3.8, 4) is 0 Å². The van der Waals surface area contributed by atoms with Gasteiger partial charge in [-0.25, -0.2) is 17.9 Å². The summed E-state index contributed by atoms with van der Waals surface area (Å²) in [6.07, 6.45) is -4.18. The van der Waals surface area contributed by atoms with E-state index in [-0.39, 0.29) is 4.90 Å². The Morgan fingerprint density at radius 2 is 1.80 bits per heavy atom. The van der Waals surface area contributed by atoms with Crippen molar-refractivity contribution in [3.63, 3.8) is 0 Å². The van der Waals surface area contributed by atoms with Crippen LogP contribution in [0.15, 0.2) is 41.0 Å². The standard InChI is InChI=1S/C18H24N2O9S/c1-9-3-5-11(6-4-9)30(27,28)20-12-7-14(18(25)26)29-17(15(12)19-10(2)22)16(24)13(23)8-21/h3-7,12-13,15-17,20-21,23-24H,8H2,1-2H3,(H,19,22)(H,25,26)/t12-,13?,15+,16+,17+/m0/s1. The van der Waals surface area contributed by atoms with Gasteiger partial charge in [0.05, 0.1) is 23.6 Å². The number of ether oxygens (including phenoxy) is 1. The van der Waals surface area contributed by atoms with Crippen LogP contribution in [0, 0.1) is 6.92 Å². The molecule has 1 aromatic carbocycles. The van der Waals surface area contributed by atoms with Crippen molar-refractivity contribution in [1.82, 2.24) is 10.0 Å². The molecular formula is C18H24N2O9S. The summed E-state index contributed by atoms with van der Waals surface area (Å²) in [6, 6.07) is 3.23. The van der Waals surface area contributed by atoms with Crippen molar-refractivity contribution in [2.24, 2.45) is 0 Å². The Morgan fingerprint density at radius 1 is 1.20 bits per heavy atom. The number of hydrogen-bond acceptors (Lipinski definition) is 8. The molecule has 1 aromatic rings. The third-order valence-electron chi connectivity index (χ3n) is 4.46. The molecule has 1 aliphatic rings. The number of nitrogens with one attached hydrogen (secondary N) is 2. The molecule has 0 bridgehead atoms. The van der Waals surface area contributed by atoms with E-state index in [0.717, 1.165) is 18.6 Å². The summed E-state index contributed by atoms with van der Waals surface area (Å²) in [5, 5.41) is 40.9. The third kappa shape index (κ3) is 5.55.